The monoisotopic (exact) mass is 274 g/mol. The van der Waals surface area contributed by atoms with E-state index in [-0.39, 0.29) is 5.41 Å². The molecule has 80 valence electrons. The summed E-state index contributed by atoms with van der Waals surface area (Å²) in [5.41, 5.74) is 0.988. The number of benzene rings is 2. The van der Waals surface area contributed by atoms with Crippen LogP contribution in [0.4, 0.5) is 0 Å². The zero-order valence-corrected chi connectivity index (χ0v) is 10.3. The van der Waals surface area contributed by atoms with Crippen LogP contribution in [-0.2, 0) is 10.2 Å². The Morgan fingerprint density at radius 3 is 2.69 bits per heavy atom. The largest absolute Gasteiger partial charge is 0.302 e. The quantitative estimate of drug-likeness (QED) is 0.761. The Bertz CT molecular complexity index is 570. The first-order chi connectivity index (χ1) is 7.75. The molecule has 16 heavy (non-hydrogen) atoms. The maximum Gasteiger partial charge on any atom is 0.130 e. The number of halogens is 1. The number of hydrogen-bond acceptors (Lipinski definition) is 1. The third kappa shape index (κ3) is 1.40. The van der Waals surface area contributed by atoms with Gasteiger partial charge in [-0.25, -0.2) is 0 Å². The molecular weight excluding hydrogens is 264 g/mol. The molecule has 0 unspecified atom stereocenters. The van der Waals surface area contributed by atoms with Crippen molar-refractivity contribution in [1.29, 1.82) is 0 Å². The van der Waals surface area contributed by atoms with Crippen LogP contribution in [0.15, 0.2) is 40.9 Å². The molecule has 0 heterocycles. The van der Waals surface area contributed by atoms with Gasteiger partial charge in [0.25, 0.3) is 0 Å². The van der Waals surface area contributed by atoms with E-state index in [1.54, 1.807) is 0 Å². The molecule has 0 atom stereocenters. The van der Waals surface area contributed by atoms with Crippen molar-refractivity contribution >= 4 is 33.0 Å². The van der Waals surface area contributed by atoms with Gasteiger partial charge in [-0.15, -0.1) is 0 Å². The van der Waals surface area contributed by atoms with Crippen LogP contribution in [0.5, 0.6) is 0 Å². The van der Waals surface area contributed by atoms with Crippen molar-refractivity contribution < 1.29 is 4.79 Å². The highest BCUT2D eigenvalue weighted by molar-refractivity contribution is 9.10. The number of aldehydes is 1. The maximum atomic E-state index is 11.2. The van der Waals surface area contributed by atoms with Crippen molar-refractivity contribution in [1.82, 2.24) is 0 Å². The van der Waals surface area contributed by atoms with Crippen molar-refractivity contribution in [3.63, 3.8) is 0 Å². The second-order valence-electron chi connectivity index (χ2n) is 4.45. The van der Waals surface area contributed by atoms with Gasteiger partial charge in [0, 0.05) is 4.47 Å². The predicted octanol–water partition coefficient (Wildman–Crippen LogP) is 3.83. The van der Waals surface area contributed by atoms with Crippen LogP contribution in [0.1, 0.15) is 18.4 Å². The van der Waals surface area contributed by atoms with Gasteiger partial charge in [0.15, 0.2) is 0 Å². The molecule has 2 aromatic rings. The lowest BCUT2D eigenvalue weighted by atomic mass is 9.92. The third-order valence-corrected chi connectivity index (χ3v) is 3.89. The summed E-state index contributed by atoms with van der Waals surface area (Å²) in [5, 5.41) is 2.40. The van der Waals surface area contributed by atoms with Crippen molar-refractivity contribution in [3.05, 3.63) is 46.4 Å². The Kier molecular flexibility index (Phi) is 2.15. The van der Waals surface area contributed by atoms with E-state index >= 15 is 0 Å². The number of carbonyl (C=O) groups excluding carboxylic acids is 1. The minimum absolute atomic E-state index is 0.194. The summed E-state index contributed by atoms with van der Waals surface area (Å²) in [6.07, 6.45) is 3.09. The summed E-state index contributed by atoms with van der Waals surface area (Å²) >= 11 is 3.49. The van der Waals surface area contributed by atoms with Gasteiger partial charge in [0.1, 0.15) is 6.29 Å². The van der Waals surface area contributed by atoms with E-state index in [2.05, 4.69) is 40.2 Å². The van der Waals surface area contributed by atoms with Gasteiger partial charge in [0.2, 0.25) is 0 Å². The van der Waals surface area contributed by atoms with Crippen molar-refractivity contribution in [2.75, 3.05) is 0 Å². The SMILES string of the molecule is O=CC1(c2cccc3ccc(Br)cc23)CC1. The van der Waals surface area contributed by atoms with Crippen LogP contribution < -0.4 is 0 Å². The Morgan fingerprint density at radius 2 is 2.00 bits per heavy atom. The number of fused-ring (bicyclic) bond motifs is 1. The first-order valence-corrected chi connectivity index (χ1v) is 6.20. The molecule has 0 saturated heterocycles. The molecule has 2 aromatic carbocycles. The van der Waals surface area contributed by atoms with Crippen molar-refractivity contribution in [2.45, 2.75) is 18.3 Å². The molecule has 0 spiro atoms. The van der Waals surface area contributed by atoms with Crippen LogP contribution in [0, 0.1) is 0 Å². The molecule has 2 heteroatoms. The van der Waals surface area contributed by atoms with Crippen LogP contribution in [0.2, 0.25) is 0 Å². The molecule has 0 aliphatic heterocycles. The van der Waals surface area contributed by atoms with Gasteiger partial charge in [-0.1, -0.05) is 40.2 Å². The fraction of sp³-hybridized carbons (Fsp3) is 0.214. The minimum Gasteiger partial charge on any atom is -0.302 e. The summed E-state index contributed by atoms with van der Waals surface area (Å²) in [7, 11) is 0. The molecule has 1 aliphatic rings. The van der Waals surface area contributed by atoms with E-state index in [1.165, 1.54) is 16.3 Å². The zero-order chi connectivity index (χ0) is 11.2. The predicted molar refractivity (Wildman–Crippen MR) is 68.6 cm³/mol. The molecule has 1 saturated carbocycles. The van der Waals surface area contributed by atoms with E-state index < -0.39 is 0 Å². The van der Waals surface area contributed by atoms with Gasteiger partial charge >= 0.3 is 0 Å². The topological polar surface area (TPSA) is 17.1 Å². The summed E-state index contributed by atoms with van der Waals surface area (Å²) in [6, 6.07) is 12.4. The summed E-state index contributed by atoms with van der Waals surface area (Å²) in [5.74, 6) is 0. The molecule has 1 fully saturated rings. The second kappa shape index (κ2) is 3.42. The number of rotatable bonds is 2. The average Bonchev–Trinajstić information content (AvgIpc) is 3.09. The third-order valence-electron chi connectivity index (χ3n) is 3.39. The maximum absolute atomic E-state index is 11.2. The molecule has 0 bridgehead atoms. The Hall–Kier alpha value is -1.15. The van der Waals surface area contributed by atoms with E-state index in [1.807, 2.05) is 12.1 Å². The van der Waals surface area contributed by atoms with Crippen LogP contribution in [0.3, 0.4) is 0 Å². The van der Waals surface area contributed by atoms with Gasteiger partial charge < -0.3 is 4.79 Å². The molecule has 0 N–H and O–H groups in total. The van der Waals surface area contributed by atoms with Crippen molar-refractivity contribution in [3.8, 4) is 0 Å². The lowest BCUT2D eigenvalue weighted by Crippen LogP contribution is -2.08. The standard InChI is InChI=1S/C14H11BrO/c15-11-5-4-10-2-1-3-13(12(10)8-11)14(9-16)6-7-14/h1-5,8-9H,6-7H2. The Balaban J connectivity index is 2.32. The van der Waals surface area contributed by atoms with E-state index in [9.17, 15) is 4.79 Å². The molecule has 0 radical (unpaired) electrons. The van der Waals surface area contributed by atoms with Gasteiger partial charge in [-0.3, -0.25) is 0 Å². The van der Waals surface area contributed by atoms with E-state index in [0.717, 1.165) is 23.6 Å². The van der Waals surface area contributed by atoms with Crippen LogP contribution >= 0.6 is 15.9 Å². The average molecular weight is 275 g/mol. The van der Waals surface area contributed by atoms with Gasteiger partial charge in [-0.05, 0) is 41.3 Å². The minimum atomic E-state index is -0.194. The molecule has 0 amide bonds. The number of hydrogen-bond donors (Lipinski definition) is 0. The molecular formula is C14H11BrO. The highest BCUT2D eigenvalue weighted by Crippen LogP contribution is 2.48. The van der Waals surface area contributed by atoms with E-state index in [0.29, 0.717) is 0 Å². The van der Waals surface area contributed by atoms with Gasteiger partial charge in [-0.2, -0.15) is 0 Å². The van der Waals surface area contributed by atoms with Crippen molar-refractivity contribution in [2.24, 2.45) is 0 Å². The molecule has 3 rings (SSSR count). The smallest absolute Gasteiger partial charge is 0.130 e. The summed E-state index contributed by atoms with van der Waals surface area (Å²) < 4.78 is 1.06. The Morgan fingerprint density at radius 1 is 1.19 bits per heavy atom. The molecule has 1 nitrogen and oxygen atoms in total. The van der Waals surface area contributed by atoms with Crippen LogP contribution in [-0.4, -0.2) is 6.29 Å². The second-order valence-corrected chi connectivity index (χ2v) is 5.36. The first kappa shape index (κ1) is 10.0. The lowest BCUT2D eigenvalue weighted by molar-refractivity contribution is -0.109. The highest BCUT2D eigenvalue weighted by Gasteiger charge is 2.45. The highest BCUT2D eigenvalue weighted by atomic mass is 79.9. The molecule has 0 aromatic heterocycles. The number of carbonyl (C=O) groups is 1. The zero-order valence-electron chi connectivity index (χ0n) is 8.74. The Labute approximate surface area is 103 Å². The van der Waals surface area contributed by atoms with Gasteiger partial charge in [0.05, 0.1) is 5.41 Å². The van der Waals surface area contributed by atoms with Crippen LogP contribution in [0.25, 0.3) is 10.8 Å². The fourth-order valence-electron chi connectivity index (χ4n) is 2.26. The normalized spacial score (nSPS) is 17.3. The molecule has 1 aliphatic carbocycles. The summed E-state index contributed by atoms with van der Waals surface area (Å²) in [4.78, 5) is 11.2. The fourth-order valence-corrected chi connectivity index (χ4v) is 2.63. The van der Waals surface area contributed by atoms with E-state index in [4.69, 9.17) is 0 Å². The summed E-state index contributed by atoms with van der Waals surface area (Å²) in [6.45, 7) is 0. The lowest BCUT2D eigenvalue weighted by Gasteiger charge is -2.11. The first-order valence-electron chi connectivity index (χ1n) is 5.40.